The Balaban J connectivity index is 2.30. The van der Waals surface area contributed by atoms with Gasteiger partial charge in [0.25, 0.3) is 0 Å². The van der Waals surface area contributed by atoms with Crippen molar-refractivity contribution in [2.75, 3.05) is 5.73 Å². The summed E-state index contributed by atoms with van der Waals surface area (Å²) in [7, 11) is 0. The lowest BCUT2D eigenvalue weighted by molar-refractivity contribution is 1.52. The molecule has 0 spiro atoms. The molecule has 0 bridgehead atoms. The molecule has 0 unspecified atom stereocenters. The summed E-state index contributed by atoms with van der Waals surface area (Å²) < 4.78 is 1.97. The average molecular weight is 440 g/mol. The van der Waals surface area contributed by atoms with Gasteiger partial charge in [-0.1, -0.05) is 44.0 Å². The first-order valence-electron chi connectivity index (χ1n) is 5.93. The van der Waals surface area contributed by atoms with E-state index < -0.39 is 0 Å². The smallest absolute Gasteiger partial charge is 0.129 e. The number of hydrogen-bond acceptors (Lipinski definition) is 4. The van der Waals surface area contributed by atoms with Crippen LogP contribution in [0.2, 0.25) is 0 Å². The third kappa shape index (κ3) is 2.67. The van der Waals surface area contributed by atoms with Gasteiger partial charge in [0.15, 0.2) is 0 Å². The van der Waals surface area contributed by atoms with Gasteiger partial charge >= 0.3 is 0 Å². The Morgan fingerprint density at radius 2 is 2.00 bits per heavy atom. The number of hydrogen-bond donors (Lipinski definition) is 1. The molecule has 2 N–H and O–H groups in total. The van der Waals surface area contributed by atoms with Crippen molar-refractivity contribution in [3.63, 3.8) is 0 Å². The van der Waals surface area contributed by atoms with E-state index in [4.69, 9.17) is 5.73 Å². The largest absolute Gasteiger partial charge is 0.396 e. The van der Waals surface area contributed by atoms with Gasteiger partial charge in [0.05, 0.1) is 5.69 Å². The molecule has 0 radical (unpaired) electrons. The van der Waals surface area contributed by atoms with E-state index in [9.17, 15) is 5.26 Å². The van der Waals surface area contributed by atoms with Crippen LogP contribution in [0.5, 0.6) is 0 Å². The van der Waals surface area contributed by atoms with Crippen molar-refractivity contribution in [3.05, 3.63) is 49.5 Å². The van der Waals surface area contributed by atoms with Gasteiger partial charge in [-0.15, -0.1) is 22.7 Å². The molecule has 2 nitrogen and oxygen atoms in total. The fourth-order valence-corrected chi connectivity index (χ4v) is 5.36. The predicted octanol–water partition coefficient (Wildman–Crippen LogP) is 6.12. The van der Waals surface area contributed by atoms with Crippen LogP contribution in [-0.4, -0.2) is 0 Å². The highest BCUT2D eigenvalue weighted by Crippen LogP contribution is 2.48. The van der Waals surface area contributed by atoms with Crippen LogP contribution in [0.1, 0.15) is 4.88 Å². The van der Waals surface area contributed by atoms with Crippen LogP contribution in [0.3, 0.4) is 0 Å². The zero-order valence-electron chi connectivity index (χ0n) is 10.6. The Bertz CT molecular complexity index is 845. The van der Waals surface area contributed by atoms with Gasteiger partial charge in [-0.2, -0.15) is 5.26 Å². The molecule has 3 rings (SSSR count). The second-order valence-electron chi connectivity index (χ2n) is 4.26. The third-order valence-corrected chi connectivity index (χ3v) is 6.17. The highest BCUT2D eigenvalue weighted by atomic mass is 79.9. The van der Waals surface area contributed by atoms with E-state index in [1.807, 2.05) is 35.7 Å². The van der Waals surface area contributed by atoms with Gasteiger partial charge in [0.1, 0.15) is 10.9 Å². The quantitative estimate of drug-likeness (QED) is 0.522. The normalized spacial score (nSPS) is 10.5. The monoisotopic (exact) mass is 438 g/mol. The number of rotatable bonds is 2. The molecule has 1 aromatic carbocycles. The van der Waals surface area contributed by atoms with Crippen molar-refractivity contribution in [1.29, 1.82) is 5.26 Å². The molecule has 6 heteroatoms. The summed E-state index contributed by atoms with van der Waals surface area (Å²) in [6, 6.07) is 12.2. The Morgan fingerprint density at radius 1 is 1.19 bits per heavy atom. The minimum absolute atomic E-state index is 0.559. The average Bonchev–Trinajstić information content (AvgIpc) is 3.06. The molecule has 21 heavy (non-hydrogen) atoms. The molecule has 0 amide bonds. The highest BCUT2D eigenvalue weighted by molar-refractivity contribution is 9.11. The maximum absolute atomic E-state index is 9.28. The van der Waals surface area contributed by atoms with Gasteiger partial charge in [0, 0.05) is 29.8 Å². The molecule has 0 atom stereocenters. The van der Waals surface area contributed by atoms with Crippen molar-refractivity contribution in [3.8, 4) is 27.0 Å². The first kappa shape index (κ1) is 14.8. The molecule has 0 saturated carbocycles. The molecule has 0 saturated heterocycles. The van der Waals surface area contributed by atoms with Crippen LogP contribution in [0.25, 0.3) is 20.9 Å². The predicted molar refractivity (Wildman–Crippen MR) is 97.6 cm³/mol. The molecule has 0 aliphatic rings. The first-order chi connectivity index (χ1) is 10.1. The Morgan fingerprint density at radius 3 is 2.62 bits per heavy atom. The number of nitriles is 1. The van der Waals surface area contributed by atoms with E-state index in [-0.39, 0.29) is 0 Å². The molecular formula is C15H8Br2N2S2. The summed E-state index contributed by atoms with van der Waals surface area (Å²) in [5.41, 5.74) is 8.75. The van der Waals surface area contributed by atoms with E-state index in [0.717, 1.165) is 29.8 Å². The van der Waals surface area contributed by atoms with Crippen LogP contribution < -0.4 is 5.73 Å². The summed E-state index contributed by atoms with van der Waals surface area (Å²) in [4.78, 5) is 2.66. The van der Waals surface area contributed by atoms with Crippen molar-refractivity contribution in [2.24, 2.45) is 0 Å². The highest BCUT2D eigenvalue weighted by Gasteiger charge is 2.20. The Kier molecular flexibility index (Phi) is 4.18. The topological polar surface area (TPSA) is 49.8 Å². The minimum Gasteiger partial charge on any atom is -0.396 e. The van der Waals surface area contributed by atoms with Crippen LogP contribution in [0.4, 0.5) is 5.69 Å². The number of nitrogen functional groups attached to an aromatic ring is 1. The van der Waals surface area contributed by atoms with Crippen molar-refractivity contribution in [1.82, 2.24) is 0 Å². The summed E-state index contributed by atoms with van der Waals surface area (Å²) >= 11 is 10.1. The van der Waals surface area contributed by atoms with Gasteiger partial charge in [-0.25, -0.2) is 0 Å². The standard InChI is InChI=1S/C15H8Br2N2S2/c16-8-3-4-9(10(17)6-8)15-13(11-2-1-5-20-11)14(19)12(7-18)21-15/h1-6H,19H2. The van der Waals surface area contributed by atoms with E-state index in [1.165, 1.54) is 11.3 Å². The van der Waals surface area contributed by atoms with Crippen molar-refractivity contribution >= 4 is 60.2 Å². The fraction of sp³-hybridized carbons (Fsp3) is 0. The number of thiophene rings is 2. The van der Waals surface area contributed by atoms with Crippen LogP contribution >= 0.6 is 54.5 Å². The van der Waals surface area contributed by atoms with E-state index in [1.54, 1.807) is 11.3 Å². The maximum Gasteiger partial charge on any atom is 0.129 e. The number of benzene rings is 1. The molecule has 0 aliphatic carbocycles. The van der Waals surface area contributed by atoms with Crippen molar-refractivity contribution in [2.45, 2.75) is 0 Å². The second-order valence-corrected chi connectivity index (χ2v) is 8.00. The fourth-order valence-electron chi connectivity index (χ4n) is 2.06. The summed E-state index contributed by atoms with van der Waals surface area (Å²) in [5.74, 6) is 0. The molecule has 2 aromatic heterocycles. The second kappa shape index (κ2) is 5.93. The van der Waals surface area contributed by atoms with Gasteiger partial charge in [-0.05, 0) is 23.6 Å². The summed E-state index contributed by atoms with van der Waals surface area (Å²) in [5, 5.41) is 11.3. The summed E-state index contributed by atoms with van der Waals surface area (Å²) in [6.45, 7) is 0. The van der Waals surface area contributed by atoms with Gasteiger partial charge < -0.3 is 5.73 Å². The zero-order chi connectivity index (χ0) is 15.0. The lowest BCUT2D eigenvalue weighted by Gasteiger charge is -2.06. The first-order valence-corrected chi connectivity index (χ1v) is 9.21. The Labute approximate surface area is 147 Å². The summed E-state index contributed by atoms with van der Waals surface area (Å²) in [6.07, 6.45) is 0. The molecule has 104 valence electrons. The van der Waals surface area contributed by atoms with E-state index in [2.05, 4.69) is 37.9 Å². The molecule has 2 heterocycles. The van der Waals surface area contributed by atoms with Crippen LogP contribution in [0, 0.1) is 11.3 Å². The SMILES string of the molecule is N#Cc1sc(-c2ccc(Br)cc2Br)c(-c2cccs2)c1N. The molecule has 0 fully saturated rings. The van der Waals surface area contributed by atoms with Crippen molar-refractivity contribution < 1.29 is 0 Å². The lowest BCUT2D eigenvalue weighted by Crippen LogP contribution is -1.88. The Hall–Kier alpha value is -1.13. The number of nitrogens with two attached hydrogens (primary N) is 1. The van der Waals surface area contributed by atoms with Crippen LogP contribution in [-0.2, 0) is 0 Å². The number of nitrogens with zero attached hydrogens (tertiary/aromatic N) is 1. The lowest BCUT2D eigenvalue weighted by atomic mass is 10.1. The third-order valence-electron chi connectivity index (χ3n) is 2.99. The maximum atomic E-state index is 9.28. The zero-order valence-corrected chi connectivity index (χ0v) is 15.4. The van der Waals surface area contributed by atoms with E-state index in [0.29, 0.717) is 10.6 Å². The van der Waals surface area contributed by atoms with Gasteiger partial charge in [0.2, 0.25) is 0 Å². The molecule has 3 aromatic rings. The van der Waals surface area contributed by atoms with Gasteiger partial charge in [-0.3, -0.25) is 0 Å². The van der Waals surface area contributed by atoms with Crippen LogP contribution in [0.15, 0.2) is 44.7 Å². The minimum atomic E-state index is 0.559. The molecule has 0 aliphatic heterocycles. The molecular weight excluding hydrogens is 432 g/mol. The van der Waals surface area contributed by atoms with E-state index >= 15 is 0 Å². The number of anilines is 1. The number of halogens is 2.